The Hall–Kier alpha value is -2.31. The lowest BCUT2D eigenvalue weighted by Gasteiger charge is -2.06. The number of carbonyl (C=O) groups excluding carboxylic acids is 1. The van der Waals surface area contributed by atoms with Crippen molar-refractivity contribution in [3.63, 3.8) is 0 Å². The Morgan fingerprint density at radius 2 is 2.05 bits per heavy atom. The fourth-order valence-electron chi connectivity index (χ4n) is 1.67. The number of rotatable bonds is 4. The Morgan fingerprint density at radius 1 is 1.30 bits per heavy atom. The molecule has 1 aromatic heterocycles. The van der Waals surface area contributed by atoms with Gasteiger partial charge in [-0.15, -0.1) is 0 Å². The van der Waals surface area contributed by atoms with Gasteiger partial charge in [0, 0.05) is 18.5 Å². The Balaban J connectivity index is 2.10. The molecule has 0 saturated carbocycles. The van der Waals surface area contributed by atoms with Crippen molar-refractivity contribution in [1.29, 1.82) is 0 Å². The van der Waals surface area contributed by atoms with Crippen LogP contribution < -0.4 is 5.32 Å². The highest BCUT2D eigenvalue weighted by Crippen LogP contribution is 2.15. The fraction of sp³-hybridized carbons (Fsp3) is 0.231. The molecule has 1 aromatic carbocycles. The van der Waals surface area contributed by atoms with Gasteiger partial charge in [0.2, 0.25) is 0 Å². The highest BCUT2D eigenvalue weighted by molar-refractivity contribution is 5.93. The third-order valence-electron chi connectivity index (χ3n) is 2.73. The summed E-state index contributed by atoms with van der Waals surface area (Å²) in [6, 6.07) is 1.87. The summed E-state index contributed by atoms with van der Waals surface area (Å²) < 4.78 is 44.2. The second-order valence-electron chi connectivity index (χ2n) is 3.99. The fourth-order valence-corrected chi connectivity index (χ4v) is 1.67. The van der Waals surface area contributed by atoms with Crippen LogP contribution in [0.15, 0.2) is 22.9 Å². The molecule has 0 saturated heterocycles. The van der Waals surface area contributed by atoms with E-state index in [-0.39, 0.29) is 17.8 Å². The largest absolute Gasteiger partial charge is 0.448 e. The number of hydrogen-bond acceptors (Lipinski definition) is 3. The predicted octanol–water partition coefficient (Wildman–Crippen LogP) is 2.58. The minimum atomic E-state index is -1.56. The molecule has 20 heavy (non-hydrogen) atoms. The molecule has 2 aromatic rings. The van der Waals surface area contributed by atoms with Gasteiger partial charge in [-0.1, -0.05) is 13.0 Å². The molecular formula is C13H11F3N2O2. The highest BCUT2D eigenvalue weighted by atomic mass is 19.2. The molecule has 1 amide bonds. The van der Waals surface area contributed by atoms with Gasteiger partial charge in [-0.25, -0.2) is 18.2 Å². The number of oxazole rings is 1. The maximum absolute atomic E-state index is 13.4. The Kier molecular flexibility index (Phi) is 4.07. The molecular weight excluding hydrogens is 273 g/mol. The number of amides is 1. The smallest absolute Gasteiger partial charge is 0.273 e. The molecule has 1 heterocycles. The van der Waals surface area contributed by atoms with Crippen LogP contribution in [0.25, 0.3) is 0 Å². The number of carbonyl (C=O) groups is 1. The molecule has 0 fully saturated rings. The third kappa shape index (κ3) is 2.66. The first-order chi connectivity index (χ1) is 9.54. The number of benzene rings is 1. The quantitative estimate of drug-likeness (QED) is 0.878. The molecule has 0 spiro atoms. The van der Waals surface area contributed by atoms with Gasteiger partial charge in [-0.05, 0) is 6.07 Å². The van der Waals surface area contributed by atoms with Gasteiger partial charge in [0.1, 0.15) is 5.76 Å². The number of nitrogens with one attached hydrogen (secondary N) is 1. The molecule has 0 radical (unpaired) electrons. The van der Waals surface area contributed by atoms with Crippen LogP contribution in [0, 0.1) is 17.5 Å². The first kappa shape index (κ1) is 14.1. The molecule has 106 valence electrons. The van der Waals surface area contributed by atoms with Crippen LogP contribution >= 0.6 is 0 Å². The summed E-state index contributed by atoms with van der Waals surface area (Å²) in [5.41, 5.74) is -0.0608. The molecule has 0 aliphatic rings. The summed E-state index contributed by atoms with van der Waals surface area (Å²) in [4.78, 5) is 15.5. The standard InChI is InChI=1S/C13H11F3N2O2/c1-2-9-12(18-6-20-9)13(19)17-5-7-3-4-8(14)11(16)10(7)15/h3-4,6H,2,5H2,1H3,(H,17,19). The molecule has 0 unspecified atom stereocenters. The molecule has 0 bridgehead atoms. The van der Waals surface area contributed by atoms with E-state index in [4.69, 9.17) is 4.42 Å². The molecule has 2 rings (SSSR count). The second kappa shape index (κ2) is 5.77. The maximum atomic E-state index is 13.4. The molecule has 1 N–H and O–H groups in total. The summed E-state index contributed by atoms with van der Waals surface area (Å²) in [5.74, 6) is -4.33. The van der Waals surface area contributed by atoms with Crippen molar-refractivity contribution in [2.75, 3.05) is 0 Å². The van der Waals surface area contributed by atoms with Crippen molar-refractivity contribution in [1.82, 2.24) is 10.3 Å². The lowest BCUT2D eigenvalue weighted by molar-refractivity contribution is 0.0944. The summed E-state index contributed by atoms with van der Waals surface area (Å²) >= 11 is 0. The van der Waals surface area contributed by atoms with Gasteiger partial charge < -0.3 is 9.73 Å². The first-order valence-corrected chi connectivity index (χ1v) is 5.87. The van der Waals surface area contributed by atoms with Crippen molar-refractivity contribution in [2.45, 2.75) is 19.9 Å². The zero-order chi connectivity index (χ0) is 14.7. The van der Waals surface area contributed by atoms with E-state index in [1.54, 1.807) is 6.92 Å². The van der Waals surface area contributed by atoms with Crippen LogP contribution in [-0.4, -0.2) is 10.9 Å². The van der Waals surface area contributed by atoms with E-state index >= 15 is 0 Å². The lowest BCUT2D eigenvalue weighted by atomic mass is 10.2. The van der Waals surface area contributed by atoms with E-state index < -0.39 is 23.4 Å². The Morgan fingerprint density at radius 3 is 2.75 bits per heavy atom. The van der Waals surface area contributed by atoms with Gasteiger partial charge in [0.25, 0.3) is 5.91 Å². The molecule has 0 atom stereocenters. The van der Waals surface area contributed by atoms with Gasteiger partial charge in [0.05, 0.1) is 0 Å². The Labute approximate surface area is 112 Å². The van der Waals surface area contributed by atoms with E-state index in [1.807, 2.05) is 0 Å². The van der Waals surface area contributed by atoms with Crippen LogP contribution in [0.1, 0.15) is 28.7 Å². The van der Waals surface area contributed by atoms with Crippen LogP contribution in [0.3, 0.4) is 0 Å². The average molecular weight is 284 g/mol. The monoisotopic (exact) mass is 284 g/mol. The number of nitrogens with zero attached hydrogens (tertiary/aromatic N) is 1. The number of aryl methyl sites for hydroxylation is 1. The normalized spacial score (nSPS) is 10.6. The van der Waals surface area contributed by atoms with Crippen molar-refractivity contribution in [3.8, 4) is 0 Å². The lowest BCUT2D eigenvalue weighted by Crippen LogP contribution is -2.24. The van der Waals surface area contributed by atoms with Crippen molar-refractivity contribution < 1.29 is 22.4 Å². The molecule has 4 nitrogen and oxygen atoms in total. The van der Waals surface area contributed by atoms with Crippen LogP contribution in [0.4, 0.5) is 13.2 Å². The number of aromatic nitrogens is 1. The van der Waals surface area contributed by atoms with Gasteiger partial charge >= 0.3 is 0 Å². The van der Waals surface area contributed by atoms with Gasteiger partial charge in [-0.3, -0.25) is 4.79 Å². The van der Waals surface area contributed by atoms with Crippen molar-refractivity contribution in [3.05, 3.63) is 53.0 Å². The van der Waals surface area contributed by atoms with Crippen molar-refractivity contribution >= 4 is 5.91 Å². The number of halogens is 3. The topological polar surface area (TPSA) is 55.1 Å². The van der Waals surface area contributed by atoms with E-state index in [0.29, 0.717) is 12.2 Å². The van der Waals surface area contributed by atoms with E-state index in [0.717, 1.165) is 18.5 Å². The van der Waals surface area contributed by atoms with Crippen molar-refractivity contribution in [2.24, 2.45) is 0 Å². The SMILES string of the molecule is CCc1ocnc1C(=O)NCc1ccc(F)c(F)c1F. The van der Waals surface area contributed by atoms with Crippen LogP contribution in [0.5, 0.6) is 0 Å². The first-order valence-electron chi connectivity index (χ1n) is 5.87. The minimum absolute atomic E-state index is 0.0930. The minimum Gasteiger partial charge on any atom is -0.448 e. The second-order valence-corrected chi connectivity index (χ2v) is 3.99. The summed E-state index contributed by atoms with van der Waals surface area (Å²) in [7, 11) is 0. The van der Waals surface area contributed by atoms with Gasteiger partial charge in [-0.2, -0.15) is 0 Å². The third-order valence-corrected chi connectivity index (χ3v) is 2.73. The molecule has 0 aliphatic heterocycles. The zero-order valence-electron chi connectivity index (χ0n) is 10.5. The van der Waals surface area contributed by atoms with E-state index in [2.05, 4.69) is 10.3 Å². The summed E-state index contributed by atoms with van der Waals surface area (Å²) in [5, 5.41) is 2.37. The maximum Gasteiger partial charge on any atom is 0.273 e. The Bertz CT molecular complexity index is 641. The zero-order valence-corrected chi connectivity index (χ0v) is 10.5. The van der Waals surface area contributed by atoms with Gasteiger partial charge in [0.15, 0.2) is 29.5 Å². The highest BCUT2D eigenvalue weighted by Gasteiger charge is 2.17. The molecule has 7 heteroatoms. The van der Waals surface area contributed by atoms with Crippen LogP contribution in [0.2, 0.25) is 0 Å². The predicted molar refractivity (Wildman–Crippen MR) is 63.4 cm³/mol. The molecule has 0 aliphatic carbocycles. The average Bonchev–Trinajstić information content (AvgIpc) is 2.92. The summed E-state index contributed by atoms with van der Waals surface area (Å²) in [6.45, 7) is 1.50. The van der Waals surface area contributed by atoms with Crippen LogP contribution in [-0.2, 0) is 13.0 Å². The number of hydrogen-bond donors (Lipinski definition) is 1. The van der Waals surface area contributed by atoms with E-state index in [9.17, 15) is 18.0 Å². The van der Waals surface area contributed by atoms with E-state index in [1.165, 1.54) is 0 Å². The summed E-state index contributed by atoms with van der Waals surface area (Å²) in [6.07, 6.45) is 1.61.